The maximum Gasteiger partial charge on any atom is 0.160 e. The fourth-order valence-corrected chi connectivity index (χ4v) is 2.10. The molecule has 0 aromatic heterocycles. The van der Waals surface area contributed by atoms with Crippen molar-refractivity contribution >= 4 is 0 Å². The lowest BCUT2D eigenvalue weighted by Gasteiger charge is -2.42. The van der Waals surface area contributed by atoms with Crippen LogP contribution in [-0.4, -0.2) is 55.1 Å². The summed E-state index contributed by atoms with van der Waals surface area (Å²) in [6, 6.07) is 0. The fourth-order valence-electron chi connectivity index (χ4n) is 2.10. The van der Waals surface area contributed by atoms with Gasteiger partial charge < -0.3 is 24.4 Å². The first-order valence-electron chi connectivity index (χ1n) is 6.24. The Bertz CT molecular complexity index is 211. The van der Waals surface area contributed by atoms with E-state index in [0.29, 0.717) is 6.61 Å². The summed E-state index contributed by atoms with van der Waals surface area (Å²) in [5.41, 5.74) is 0. The second kappa shape index (κ2) is 7.28. The van der Waals surface area contributed by atoms with Gasteiger partial charge in [0, 0.05) is 19.6 Å². The van der Waals surface area contributed by atoms with E-state index >= 15 is 0 Å². The van der Waals surface area contributed by atoms with Crippen LogP contribution in [0.15, 0.2) is 0 Å². The first-order chi connectivity index (χ1) is 8.15. The molecule has 1 unspecified atom stereocenters. The highest BCUT2D eigenvalue weighted by atomic mass is 16.6. The van der Waals surface area contributed by atoms with Crippen molar-refractivity contribution in [1.82, 2.24) is 0 Å². The molecule has 102 valence electrons. The van der Waals surface area contributed by atoms with E-state index < -0.39 is 12.4 Å². The number of methoxy groups -OCH3 is 1. The molecule has 0 amide bonds. The zero-order valence-corrected chi connectivity index (χ0v) is 10.8. The molecule has 1 aliphatic rings. The molecule has 1 saturated heterocycles. The number of aliphatic hydroxyl groups is 2. The van der Waals surface area contributed by atoms with Crippen molar-refractivity contribution in [2.45, 2.75) is 51.3 Å². The summed E-state index contributed by atoms with van der Waals surface area (Å²) in [5.74, 6) is -0.167. The van der Waals surface area contributed by atoms with Crippen LogP contribution in [0.2, 0.25) is 0 Å². The molecule has 0 spiro atoms. The minimum Gasteiger partial charge on any atom is -0.394 e. The molecule has 5 atom stereocenters. The lowest BCUT2D eigenvalue weighted by Crippen LogP contribution is -2.56. The van der Waals surface area contributed by atoms with Gasteiger partial charge in [0.15, 0.2) is 6.29 Å². The topological polar surface area (TPSA) is 68.2 Å². The number of aliphatic hydroxyl groups excluding tert-OH is 2. The van der Waals surface area contributed by atoms with E-state index in [1.54, 1.807) is 7.11 Å². The van der Waals surface area contributed by atoms with Gasteiger partial charge in [-0.05, 0) is 6.42 Å². The Balaban J connectivity index is 2.64. The molecule has 0 aromatic rings. The predicted molar refractivity (Wildman–Crippen MR) is 62.6 cm³/mol. The monoisotopic (exact) mass is 248 g/mol. The van der Waals surface area contributed by atoms with Gasteiger partial charge in [0.2, 0.25) is 0 Å². The molecule has 1 fully saturated rings. The summed E-state index contributed by atoms with van der Waals surface area (Å²) in [4.78, 5) is 0. The lowest BCUT2D eigenvalue weighted by atomic mass is 9.92. The Hall–Kier alpha value is -0.200. The maximum absolute atomic E-state index is 9.75. The molecule has 0 aliphatic carbocycles. The van der Waals surface area contributed by atoms with Gasteiger partial charge in [-0.1, -0.05) is 20.3 Å². The van der Waals surface area contributed by atoms with Gasteiger partial charge in [-0.25, -0.2) is 0 Å². The van der Waals surface area contributed by atoms with Gasteiger partial charge in [0.25, 0.3) is 0 Å². The van der Waals surface area contributed by atoms with Gasteiger partial charge in [0.1, 0.15) is 12.2 Å². The van der Waals surface area contributed by atoms with Crippen LogP contribution in [0.3, 0.4) is 0 Å². The molecule has 17 heavy (non-hydrogen) atoms. The summed E-state index contributed by atoms with van der Waals surface area (Å²) < 4.78 is 16.4. The van der Waals surface area contributed by atoms with E-state index in [1.165, 1.54) is 0 Å². The summed E-state index contributed by atoms with van der Waals surface area (Å²) in [7, 11) is 1.57. The fraction of sp³-hybridized carbons (Fsp3) is 1.00. The minimum atomic E-state index is -0.912. The number of ether oxygens (including phenoxy) is 3. The molecule has 1 heterocycles. The summed E-state index contributed by atoms with van der Waals surface area (Å²) in [6.45, 7) is 4.41. The third-order valence-corrected chi connectivity index (χ3v) is 3.23. The summed E-state index contributed by atoms with van der Waals surface area (Å²) in [5, 5.41) is 19.0. The maximum atomic E-state index is 9.75. The van der Waals surface area contributed by atoms with Gasteiger partial charge >= 0.3 is 0 Å². The van der Waals surface area contributed by atoms with Crippen molar-refractivity contribution in [2.75, 3.05) is 20.3 Å². The Morgan fingerprint density at radius 3 is 2.53 bits per heavy atom. The Morgan fingerprint density at radius 1 is 1.29 bits per heavy atom. The second-order valence-electron chi connectivity index (χ2n) is 4.50. The largest absolute Gasteiger partial charge is 0.394 e. The number of hydrogen-bond acceptors (Lipinski definition) is 5. The van der Waals surface area contributed by atoms with E-state index in [0.717, 1.165) is 12.8 Å². The van der Waals surface area contributed by atoms with Crippen LogP contribution >= 0.6 is 0 Å². The molecule has 0 saturated carbocycles. The number of hydrogen-bond donors (Lipinski definition) is 2. The Morgan fingerprint density at radius 2 is 2.00 bits per heavy atom. The van der Waals surface area contributed by atoms with Crippen LogP contribution in [0.5, 0.6) is 0 Å². The Kier molecular flexibility index (Phi) is 6.37. The van der Waals surface area contributed by atoms with Crippen molar-refractivity contribution in [3.8, 4) is 0 Å². The van der Waals surface area contributed by atoms with E-state index in [9.17, 15) is 10.2 Å². The van der Waals surface area contributed by atoms with Gasteiger partial charge in [-0.3, -0.25) is 0 Å². The van der Waals surface area contributed by atoms with E-state index in [2.05, 4.69) is 6.92 Å². The average molecular weight is 248 g/mol. The van der Waals surface area contributed by atoms with Crippen LogP contribution in [0, 0.1) is 5.92 Å². The van der Waals surface area contributed by atoms with Gasteiger partial charge in [-0.15, -0.1) is 0 Å². The van der Waals surface area contributed by atoms with E-state index in [4.69, 9.17) is 14.2 Å². The molecule has 1 rings (SSSR count). The van der Waals surface area contributed by atoms with Gasteiger partial charge in [-0.2, -0.15) is 0 Å². The highest BCUT2D eigenvalue weighted by Gasteiger charge is 2.43. The highest BCUT2D eigenvalue weighted by Crippen LogP contribution is 2.28. The van der Waals surface area contributed by atoms with Crippen LogP contribution in [-0.2, 0) is 14.2 Å². The molecular formula is C12H24O5. The molecular weight excluding hydrogens is 224 g/mol. The van der Waals surface area contributed by atoms with Gasteiger partial charge in [0.05, 0.1) is 12.7 Å². The third kappa shape index (κ3) is 3.63. The molecule has 0 radical (unpaired) electrons. The first-order valence-corrected chi connectivity index (χ1v) is 6.24. The SMILES string of the molecule is CCCCO[C@H]1[C@H](OC)[C@@H](CO)OC(O)[C@H]1C. The normalized spacial score (nSPS) is 38.3. The van der Waals surface area contributed by atoms with E-state index in [-0.39, 0.29) is 24.7 Å². The zero-order chi connectivity index (χ0) is 12.8. The van der Waals surface area contributed by atoms with Crippen LogP contribution in [0.1, 0.15) is 26.7 Å². The van der Waals surface area contributed by atoms with E-state index in [1.807, 2.05) is 6.92 Å². The molecule has 0 bridgehead atoms. The smallest absolute Gasteiger partial charge is 0.160 e. The minimum absolute atomic E-state index is 0.167. The summed E-state index contributed by atoms with van der Waals surface area (Å²) in [6.07, 6.45) is 0.00690. The average Bonchev–Trinajstić information content (AvgIpc) is 2.34. The molecule has 2 N–H and O–H groups in total. The van der Waals surface area contributed by atoms with Crippen molar-refractivity contribution < 1.29 is 24.4 Å². The summed E-state index contributed by atoms with van der Waals surface area (Å²) >= 11 is 0. The van der Waals surface area contributed by atoms with Crippen LogP contribution in [0.4, 0.5) is 0 Å². The molecule has 1 aliphatic heterocycles. The predicted octanol–water partition coefficient (Wildman–Crippen LogP) is 0.532. The van der Waals surface area contributed by atoms with Crippen molar-refractivity contribution in [3.05, 3.63) is 0 Å². The highest BCUT2D eigenvalue weighted by molar-refractivity contribution is 4.88. The quantitative estimate of drug-likeness (QED) is 0.671. The number of unbranched alkanes of at least 4 members (excludes halogenated alkanes) is 1. The van der Waals surface area contributed by atoms with Crippen LogP contribution < -0.4 is 0 Å². The van der Waals surface area contributed by atoms with Crippen LogP contribution in [0.25, 0.3) is 0 Å². The molecule has 5 heteroatoms. The number of rotatable bonds is 6. The first kappa shape index (κ1) is 14.9. The molecule has 5 nitrogen and oxygen atoms in total. The lowest BCUT2D eigenvalue weighted by molar-refractivity contribution is -0.279. The second-order valence-corrected chi connectivity index (χ2v) is 4.50. The van der Waals surface area contributed by atoms with Crippen molar-refractivity contribution in [2.24, 2.45) is 5.92 Å². The van der Waals surface area contributed by atoms with Crippen molar-refractivity contribution in [3.63, 3.8) is 0 Å². The van der Waals surface area contributed by atoms with Crippen molar-refractivity contribution in [1.29, 1.82) is 0 Å². The zero-order valence-electron chi connectivity index (χ0n) is 10.8. The standard InChI is InChI=1S/C12H24O5/c1-4-5-6-16-10-8(2)12(14)17-9(7-13)11(10)15-3/h8-14H,4-7H2,1-3H3/t8-,9+,10+,11+,12?/m0/s1. The molecule has 0 aromatic carbocycles. The third-order valence-electron chi connectivity index (χ3n) is 3.23. The Labute approximate surface area is 103 Å².